The number of benzene rings is 2. The molecule has 8 heteroatoms. The molecular formula is C24H23BrN4O3. The number of hydrogen-bond acceptors (Lipinski definition) is 4. The second-order valence-corrected chi connectivity index (χ2v) is 8.53. The third-order valence-electron chi connectivity index (χ3n) is 5.43. The second-order valence-electron chi connectivity index (χ2n) is 7.67. The number of para-hydroxylation sites is 1. The van der Waals surface area contributed by atoms with Crippen molar-refractivity contribution in [1.82, 2.24) is 19.6 Å². The molecule has 0 spiro atoms. The molecule has 1 saturated heterocycles. The van der Waals surface area contributed by atoms with Gasteiger partial charge in [0.2, 0.25) is 5.91 Å². The van der Waals surface area contributed by atoms with E-state index in [1.807, 2.05) is 54.7 Å². The van der Waals surface area contributed by atoms with Crippen LogP contribution in [0.1, 0.15) is 22.3 Å². The van der Waals surface area contributed by atoms with E-state index in [1.54, 1.807) is 26.7 Å². The molecule has 0 atom stereocenters. The first-order valence-electron chi connectivity index (χ1n) is 10.4. The minimum atomic E-state index is -0.196. The molecule has 1 aliphatic heterocycles. The molecule has 3 aromatic rings. The van der Waals surface area contributed by atoms with Crippen molar-refractivity contribution in [2.45, 2.75) is 12.8 Å². The van der Waals surface area contributed by atoms with Crippen molar-refractivity contribution in [1.29, 1.82) is 0 Å². The molecule has 4 rings (SSSR count). The average Bonchev–Trinajstić information content (AvgIpc) is 3.28. The van der Waals surface area contributed by atoms with Crippen LogP contribution in [0.2, 0.25) is 0 Å². The Bertz CT molecular complexity index is 1120. The lowest BCUT2D eigenvalue weighted by Gasteiger charge is -2.35. The fourth-order valence-electron chi connectivity index (χ4n) is 3.71. The number of ketones is 1. The number of carbonyl (C=O) groups is 3. The Morgan fingerprint density at radius 1 is 0.875 bits per heavy atom. The van der Waals surface area contributed by atoms with Gasteiger partial charge in [-0.05, 0) is 45.8 Å². The second kappa shape index (κ2) is 9.91. The molecule has 0 aliphatic carbocycles. The van der Waals surface area contributed by atoms with Crippen LogP contribution >= 0.6 is 15.9 Å². The van der Waals surface area contributed by atoms with Gasteiger partial charge in [-0.2, -0.15) is 5.10 Å². The number of hydrogen-bond donors (Lipinski definition) is 0. The largest absolute Gasteiger partial charge is 0.339 e. The van der Waals surface area contributed by atoms with Crippen molar-refractivity contribution in [2.75, 3.05) is 26.2 Å². The van der Waals surface area contributed by atoms with E-state index in [2.05, 4.69) is 21.0 Å². The van der Waals surface area contributed by atoms with Crippen LogP contribution in [0.5, 0.6) is 0 Å². The summed E-state index contributed by atoms with van der Waals surface area (Å²) in [4.78, 5) is 41.2. The zero-order valence-corrected chi connectivity index (χ0v) is 19.1. The topological polar surface area (TPSA) is 75.5 Å². The monoisotopic (exact) mass is 494 g/mol. The summed E-state index contributed by atoms with van der Waals surface area (Å²) in [6.07, 6.45) is 3.49. The number of amides is 2. The van der Waals surface area contributed by atoms with E-state index in [4.69, 9.17) is 0 Å². The zero-order valence-electron chi connectivity index (χ0n) is 17.5. The first kappa shape index (κ1) is 22.0. The van der Waals surface area contributed by atoms with E-state index in [0.717, 1.165) is 15.7 Å². The summed E-state index contributed by atoms with van der Waals surface area (Å²) in [7, 11) is 0. The number of aromatic nitrogens is 2. The number of carbonyl (C=O) groups excluding carboxylic acids is 3. The van der Waals surface area contributed by atoms with Gasteiger partial charge in [-0.1, -0.05) is 30.3 Å². The fourth-order valence-corrected chi connectivity index (χ4v) is 4.16. The first-order valence-corrected chi connectivity index (χ1v) is 11.2. The van der Waals surface area contributed by atoms with Gasteiger partial charge >= 0.3 is 0 Å². The van der Waals surface area contributed by atoms with E-state index in [0.29, 0.717) is 31.7 Å². The number of halogens is 1. The first-order chi connectivity index (χ1) is 15.5. The summed E-state index contributed by atoms with van der Waals surface area (Å²) < 4.78 is 2.47. The number of Topliss-reactive ketones (excluding diaryl/α,β-unsaturated/α-hetero) is 1. The summed E-state index contributed by atoms with van der Waals surface area (Å²) in [6.45, 7) is 1.75. The standard InChI is InChI=1S/C24H23BrN4O3/c25-22-9-5-4-8-21(22)24(32)28-12-10-27(11-13-28)23(31)15-20(30)14-18-16-26-29(17-18)19-6-2-1-3-7-19/h1-9,16-17H,10-15H2. The average molecular weight is 495 g/mol. The molecule has 7 nitrogen and oxygen atoms in total. The maximum Gasteiger partial charge on any atom is 0.255 e. The maximum absolute atomic E-state index is 12.7. The minimum Gasteiger partial charge on any atom is -0.339 e. The third kappa shape index (κ3) is 5.13. The SMILES string of the molecule is O=C(CC(=O)N1CCN(C(=O)c2ccccc2Br)CC1)Cc1cnn(-c2ccccc2)c1. The van der Waals surface area contributed by atoms with Crippen LogP contribution in [0.15, 0.2) is 71.5 Å². The number of piperazine rings is 1. The molecule has 1 fully saturated rings. The smallest absolute Gasteiger partial charge is 0.255 e. The van der Waals surface area contributed by atoms with Crippen molar-refractivity contribution in [2.24, 2.45) is 0 Å². The van der Waals surface area contributed by atoms with Crippen molar-refractivity contribution < 1.29 is 14.4 Å². The minimum absolute atomic E-state index is 0.0592. The van der Waals surface area contributed by atoms with E-state index in [1.165, 1.54) is 0 Å². The van der Waals surface area contributed by atoms with Crippen molar-refractivity contribution in [3.8, 4) is 5.69 Å². The molecule has 2 heterocycles. The Morgan fingerprint density at radius 2 is 1.53 bits per heavy atom. The van der Waals surface area contributed by atoms with Gasteiger partial charge in [-0.15, -0.1) is 0 Å². The molecule has 0 unspecified atom stereocenters. The van der Waals surface area contributed by atoms with Crippen molar-refractivity contribution in [3.63, 3.8) is 0 Å². The van der Waals surface area contributed by atoms with Gasteiger partial charge in [-0.3, -0.25) is 14.4 Å². The van der Waals surface area contributed by atoms with Gasteiger partial charge in [-0.25, -0.2) is 4.68 Å². The molecule has 0 radical (unpaired) electrons. The van der Waals surface area contributed by atoms with Gasteiger partial charge in [0.15, 0.2) is 0 Å². The molecule has 1 aliphatic rings. The lowest BCUT2D eigenvalue weighted by molar-refractivity contribution is -0.136. The van der Waals surface area contributed by atoms with Crippen LogP contribution in [-0.4, -0.2) is 63.4 Å². The van der Waals surface area contributed by atoms with E-state index in [9.17, 15) is 14.4 Å². The summed E-state index contributed by atoms with van der Waals surface area (Å²) in [6, 6.07) is 16.9. The number of nitrogens with zero attached hydrogens (tertiary/aromatic N) is 4. The highest BCUT2D eigenvalue weighted by molar-refractivity contribution is 9.10. The van der Waals surface area contributed by atoms with Crippen molar-refractivity contribution >= 4 is 33.5 Å². The molecular weight excluding hydrogens is 472 g/mol. The lowest BCUT2D eigenvalue weighted by atomic mass is 10.1. The molecule has 164 valence electrons. The van der Waals surface area contributed by atoms with Crippen LogP contribution in [-0.2, 0) is 16.0 Å². The van der Waals surface area contributed by atoms with Gasteiger partial charge in [0.25, 0.3) is 5.91 Å². The highest BCUT2D eigenvalue weighted by atomic mass is 79.9. The van der Waals surface area contributed by atoms with Gasteiger partial charge < -0.3 is 9.80 Å². The van der Waals surface area contributed by atoms with Gasteiger partial charge in [0.1, 0.15) is 5.78 Å². The Hall–Kier alpha value is -3.26. The highest BCUT2D eigenvalue weighted by Crippen LogP contribution is 2.19. The Balaban J connectivity index is 1.27. The van der Waals surface area contributed by atoms with Crippen LogP contribution in [0, 0.1) is 0 Å². The van der Waals surface area contributed by atoms with Crippen LogP contribution in [0.4, 0.5) is 0 Å². The molecule has 2 amide bonds. The summed E-state index contributed by atoms with van der Waals surface area (Å²) in [5.74, 6) is -0.399. The zero-order chi connectivity index (χ0) is 22.5. The number of rotatable bonds is 6. The van der Waals surface area contributed by atoms with E-state index < -0.39 is 0 Å². The van der Waals surface area contributed by atoms with E-state index >= 15 is 0 Å². The summed E-state index contributed by atoms with van der Waals surface area (Å²) in [5, 5.41) is 4.29. The molecule has 0 N–H and O–H groups in total. The molecule has 0 saturated carbocycles. The predicted molar refractivity (Wildman–Crippen MR) is 124 cm³/mol. The predicted octanol–water partition coefficient (Wildman–Crippen LogP) is 3.12. The highest BCUT2D eigenvalue weighted by Gasteiger charge is 2.26. The Kier molecular flexibility index (Phi) is 6.80. The van der Waals surface area contributed by atoms with Crippen LogP contribution < -0.4 is 0 Å². The third-order valence-corrected chi connectivity index (χ3v) is 6.12. The van der Waals surface area contributed by atoms with Crippen LogP contribution in [0.25, 0.3) is 5.69 Å². The van der Waals surface area contributed by atoms with Gasteiger partial charge in [0.05, 0.1) is 23.9 Å². The molecule has 2 aromatic carbocycles. The van der Waals surface area contributed by atoms with Crippen LogP contribution in [0.3, 0.4) is 0 Å². The summed E-state index contributed by atoms with van der Waals surface area (Å²) >= 11 is 3.41. The normalized spacial score (nSPS) is 13.8. The van der Waals surface area contributed by atoms with E-state index in [-0.39, 0.29) is 30.4 Å². The maximum atomic E-state index is 12.7. The molecule has 0 bridgehead atoms. The van der Waals surface area contributed by atoms with Crippen molar-refractivity contribution in [3.05, 3.63) is 82.6 Å². The fraction of sp³-hybridized carbons (Fsp3) is 0.250. The summed E-state index contributed by atoms with van der Waals surface area (Å²) in [5.41, 5.74) is 2.30. The quantitative estimate of drug-likeness (QED) is 0.493. The van der Waals surface area contributed by atoms with Gasteiger partial charge in [0, 0.05) is 43.3 Å². The Morgan fingerprint density at radius 3 is 2.25 bits per heavy atom. The molecule has 32 heavy (non-hydrogen) atoms. The lowest BCUT2D eigenvalue weighted by Crippen LogP contribution is -2.51. The Labute approximate surface area is 194 Å². The molecule has 1 aromatic heterocycles.